The first-order valence-electron chi connectivity index (χ1n) is 10.7. The largest absolute Gasteiger partial charge is 0.490 e. The van der Waals surface area contributed by atoms with E-state index in [0.29, 0.717) is 54.7 Å². The molecule has 1 aliphatic heterocycles. The van der Waals surface area contributed by atoms with Gasteiger partial charge in [-0.15, -0.1) is 0 Å². The van der Waals surface area contributed by atoms with Crippen LogP contribution in [0.1, 0.15) is 36.6 Å². The van der Waals surface area contributed by atoms with E-state index in [-0.39, 0.29) is 17.0 Å². The maximum Gasteiger partial charge on any atom is 0.258 e. The zero-order valence-electron chi connectivity index (χ0n) is 19.3. The molecular weight excluding hydrogens is 408 g/mol. The molecule has 1 aromatic carbocycles. The van der Waals surface area contributed by atoms with E-state index in [9.17, 15) is 10.1 Å². The summed E-state index contributed by atoms with van der Waals surface area (Å²) in [6, 6.07) is 9.39. The third-order valence-corrected chi connectivity index (χ3v) is 5.36. The Kier molecular flexibility index (Phi) is 7.11. The smallest absolute Gasteiger partial charge is 0.258 e. The molecule has 0 spiro atoms. The Bertz CT molecular complexity index is 1130. The molecule has 170 valence electrons. The van der Waals surface area contributed by atoms with Crippen LogP contribution in [0.4, 0.5) is 0 Å². The van der Waals surface area contributed by atoms with Gasteiger partial charge in [0.1, 0.15) is 17.4 Å². The molecule has 0 amide bonds. The number of ether oxygens (including phenoxy) is 3. The second-order valence-corrected chi connectivity index (χ2v) is 7.82. The fourth-order valence-corrected chi connectivity index (χ4v) is 3.84. The Balaban J connectivity index is 2.22. The summed E-state index contributed by atoms with van der Waals surface area (Å²) in [6.07, 6.45) is 0. The van der Waals surface area contributed by atoms with Crippen LogP contribution in [0.2, 0.25) is 0 Å². The van der Waals surface area contributed by atoms with Crippen molar-refractivity contribution in [3.05, 3.63) is 62.9 Å². The molecule has 32 heavy (non-hydrogen) atoms. The topological polar surface area (TPSA) is 103 Å². The number of benzene rings is 1. The van der Waals surface area contributed by atoms with Crippen molar-refractivity contribution in [3.63, 3.8) is 0 Å². The minimum atomic E-state index is -0.669. The van der Waals surface area contributed by atoms with Crippen molar-refractivity contribution in [1.82, 2.24) is 9.47 Å². The molecule has 0 radical (unpaired) electrons. The molecule has 0 saturated heterocycles. The van der Waals surface area contributed by atoms with Crippen LogP contribution in [0.15, 0.2) is 40.5 Å². The van der Waals surface area contributed by atoms with Gasteiger partial charge < -0.3 is 29.4 Å². The first kappa shape index (κ1) is 23.2. The fraction of sp³-hybridized carbons (Fsp3) is 0.417. The minimum absolute atomic E-state index is 0.00156. The van der Waals surface area contributed by atoms with Crippen LogP contribution in [-0.4, -0.2) is 43.3 Å². The normalized spacial score (nSPS) is 15.2. The van der Waals surface area contributed by atoms with Crippen LogP contribution in [-0.2, 0) is 6.54 Å². The lowest BCUT2D eigenvalue weighted by atomic mass is 9.84. The molecule has 0 fully saturated rings. The van der Waals surface area contributed by atoms with Crippen molar-refractivity contribution in [1.29, 1.82) is 5.26 Å². The zero-order valence-corrected chi connectivity index (χ0v) is 19.3. The van der Waals surface area contributed by atoms with E-state index in [1.165, 1.54) is 0 Å². The summed E-state index contributed by atoms with van der Waals surface area (Å²) in [5.41, 5.74) is 7.98. The highest BCUT2D eigenvalue weighted by molar-refractivity contribution is 5.57. The maximum absolute atomic E-state index is 13.6. The lowest BCUT2D eigenvalue weighted by molar-refractivity contribution is 0.287. The number of likely N-dealkylation sites (N-methyl/N-ethyl adjacent to an activating group) is 1. The molecule has 2 heterocycles. The van der Waals surface area contributed by atoms with Gasteiger partial charge in [-0.25, -0.2) is 0 Å². The van der Waals surface area contributed by atoms with E-state index in [0.717, 1.165) is 5.69 Å². The summed E-state index contributed by atoms with van der Waals surface area (Å²) in [5.74, 6) is 0.866. The van der Waals surface area contributed by atoms with E-state index in [4.69, 9.17) is 19.9 Å². The predicted molar refractivity (Wildman–Crippen MR) is 122 cm³/mol. The van der Waals surface area contributed by atoms with Crippen LogP contribution >= 0.6 is 0 Å². The Morgan fingerprint density at radius 3 is 2.50 bits per heavy atom. The number of nitrogens with zero attached hydrogens (tertiary/aromatic N) is 3. The number of aromatic nitrogens is 1. The maximum atomic E-state index is 13.6. The molecule has 1 atom stereocenters. The molecule has 1 aromatic heterocycles. The van der Waals surface area contributed by atoms with Gasteiger partial charge >= 0.3 is 0 Å². The van der Waals surface area contributed by atoms with E-state index < -0.39 is 5.92 Å². The van der Waals surface area contributed by atoms with E-state index in [2.05, 4.69) is 6.07 Å². The van der Waals surface area contributed by atoms with Gasteiger partial charge in [0.05, 0.1) is 24.7 Å². The Labute approximate surface area is 188 Å². The lowest BCUT2D eigenvalue weighted by Gasteiger charge is -2.28. The lowest BCUT2D eigenvalue weighted by Crippen LogP contribution is -2.34. The highest BCUT2D eigenvalue weighted by Gasteiger charge is 2.34. The van der Waals surface area contributed by atoms with Crippen molar-refractivity contribution in [2.24, 2.45) is 5.73 Å². The molecule has 0 saturated carbocycles. The summed E-state index contributed by atoms with van der Waals surface area (Å²) in [6.45, 7) is 7.81. The minimum Gasteiger partial charge on any atom is -0.490 e. The molecule has 0 unspecified atom stereocenters. The van der Waals surface area contributed by atoms with Crippen LogP contribution in [0.25, 0.3) is 0 Å². The summed E-state index contributed by atoms with van der Waals surface area (Å²) in [4.78, 5) is 15.6. The Hall–Kier alpha value is -3.44. The molecular formula is C24H30N4O4. The number of fused-ring (bicyclic) bond motifs is 1. The Morgan fingerprint density at radius 2 is 1.88 bits per heavy atom. The molecule has 0 aliphatic carbocycles. The first-order valence-corrected chi connectivity index (χ1v) is 10.7. The monoisotopic (exact) mass is 438 g/mol. The molecule has 3 rings (SSSR count). The second-order valence-electron chi connectivity index (χ2n) is 7.82. The average molecular weight is 439 g/mol. The molecule has 8 heteroatoms. The van der Waals surface area contributed by atoms with Crippen LogP contribution in [0.5, 0.6) is 17.2 Å². The van der Waals surface area contributed by atoms with Crippen molar-refractivity contribution in [3.8, 4) is 23.3 Å². The number of nitriles is 1. The van der Waals surface area contributed by atoms with E-state index >= 15 is 0 Å². The van der Waals surface area contributed by atoms with Gasteiger partial charge in [-0.05, 0) is 52.6 Å². The highest BCUT2D eigenvalue weighted by Crippen LogP contribution is 2.42. The number of rotatable bonds is 8. The third-order valence-electron chi connectivity index (χ3n) is 5.36. The summed E-state index contributed by atoms with van der Waals surface area (Å²) < 4.78 is 18.9. The van der Waals surface area contributed by atoms with Crippen molar-refractivity contribution < 1.29 is 14.2 Å². The molecule has 8 nitrogen and oxygen atoms in total. The average Bonchev–Trinajstić information content (AvgIpc) is 2.74. The van der Waals surface area contributed by atoms with Crippen molar-refractivity contribution in [2.45, 2.75) is 33.2 Å². The fourth-order valence-electron chi connectivity index (χ4n) is 3.84. The summed E-state index contributed by atoms with van der Waals surface area (Å²) in [7, 11) is 3.91. The van der Waals surface area contributed by atoms with Crippen molar-refractivity contribution in [2.75, 3.05) is 33.9 Å². The standard InChI is InChI=1S/C24H30N4O4/c1-6-30-18-9-8-16(13-19(18)31-7-2)21-17(14-25)23(26)32-20-12-15(3)28(11-10-27(4)5)24(29)22(20)21/h8-9,12-13,21H,6-7,10-11,26H2,1-5H3/t21-/m0/s1. The number of allylic oxidation sites excluding steroid dienone is 1. The van der Waals surface area contributed by atoms with Gasteiger partial charge in [-0.1, -0.05) is 6.07 Å². The molecule has 2 N–H and O–H groups in total. The molecule has 1 aliphatic rings. The van der Waals surface area contributed by atoms with Gasteiger partial charge in [0.2, 0.25) is 5.88 Å². The number of nitrogens with two attached hydrogens (primary N) is 1. The first-order chi connectivity index (χ1) is 15.3. The quantitative estimate of drug-likeness (QED) is 0.676. The van der Waals surface area contributed by atoms with Crippen LogP contribution < -0.4 is 25.5 Å². The van der Waals surface area contributed by atoms with Gasteiger partial charge in [0.25, 0.3) is 5.56 Å². The second kappa shape index (κ2) is 9.79. The zero-order chi connectivity index (χ0) is 23.4. The predicted octanol–water partition coefficient (Wildman–Crippen LogP) is 2.73. The SMILES string of the molecule is CCOc1ccc([C@H]2C(C#N)=C(N)Oc3cc(C)n(CCN(C)C)c(=O)c32)cc1OCC. The number of aryl methyl sites for hydroxylation is 1. The van der Waals surface area contributed by atoms with Gasteiger partial charge in [0, 0.05) is 24.8 Å². The third kappa shape index (κ3) is 4.43. The van der Waals surface area contributed by atoms with Gasteiger partial charge in [0.15, 0.2) is 11.5 Å². The number of hydrogen-bond donors (Lipinski definition) is 1. The van der Waals surface area contributed by atoms with Crippen LogP contribution in [0, 0.1) is 18.3 Å². The van der Waals surface area contributed by atoms with Crippen LogP contribution in [0.3, 0.4) is 0 Å². The van der Waals surface area contributed by atoms with Gasteiger partial charge in [-0.3, -0.25) is 4.79 Å². The molecule has 2 aromatic rings. The van der Waals surface area contributed by atoms with Gasteiger partial charge in [-0.2, -0.15) is 5.26 Å². The van der Waals surface area contributed by atoms with E-state index in [1.54, 1.807) is 16.7 Å². The number of pyridine rings is 1. The summed E-state index contributed by atoms with van der Waals surface area (Å²) in [5, 5.41) is 9.88. The van der Waals surface area contributed by atoms with Crippen molar-refractivity contribution >= 4 is 0 Å². The molecule has 0 bridgehead atoms. The summed E-state index contributed by atoms with van der Waals surface area (Å²) >= 11 is 0. The Morgan fingerprint density at radius 1 is 1.19 bits per heavy atom. The highest BCUT2D eigenvalue weighted by atomic mass is 16.5. The number of hydrogen-bond acceptors (Lipinski definition) is 7. The van der Waals surface area contributed by atoms with E-state index in [1.807, 2.05) is 51.9 Å².